The van der Waals surface area contributed by atoms with E-state index in [9.17, 15) is 9.90 Å². The standard InChI is InChI=1S/C44H49N5O7Si/c1-43(2,3)57(6,7)56-38-37(50)35(55-42(38)49-28-47-36-39(45-27-46-40(36)49)48-41(51)29-14-10-8-11-15-29)26-54-44(30-16-12-9-13-17-30,31-18-22-33(52-4)23-19-31)32-20-24-34(53-5)25-21-32/h8-25,27-28,35,37-38,42,50H,26H2,1-7H3,(H,45,46,48,51)/t35-,37-,38+,42-/m1/s1. The van der Waals surface area contributed by atoms with Crippen molar-refractivity contribution >= 4 is 31.2 Å². The van der Waals surface area contributed by atoms with Gasteiger partial charge in [0.05, 0.1) is 27.2 Å². The third-order valence-corrected chi connectivity index (χ3v) is 15.6. The normalized spacial score (nSPS) is 18.7. The molecule has 12 nitrogen and oxygen atoms in total. The number of fused-ring (bicyclic) bond motifs is 1. The average molecular weight is 788 g/mol. The van der Waals surface area contributed by atoms with Gasteiger partial charge in [0.1, 0.15) is 41.7 Å². The molecule has 0 saturated carbocycles. The van der Waals surface area contributed by atoms with Gasteiger partial charge in [-0.3, -0.25) is 9.36 Å². The zero-order valence-corrected chi connectivity index (χ0v) is 34.2. The Balaban J connectivity index is 1.28. The number of imidazole rings is 1. The maximum atomic E-state index is 13.1. The molecule has 6 aromatic rings. The number of benzene rings is 4. The molecule has 0 spiro atoms. The summed E-state index contributed by atoms with van der Waals surface area (Å²) in [6.45, 7) is 10.7. The topological polar surface area (TPSA) is 139 Å². The number of amides is 1. The number of ether oxygens (including phenoxy) is 4. The summed E-state index contributed by atoms with van der Waals surface area (Å²) in [5.74, 6) is 1.33. The summed E-state index contributed by atoms with van der Waals surface area (Å²) in [6.07, 6.45) is -0.671. The van der Waals surface area contributed by atoms with Crippen molar-refractivity contribution in [3.05, 3.63) is 144 Å². The highest BCUT2D eigenvalue weighted by Crippen LogP contribution is 2.45. The number of anilines is 1. The van der Waals surface area contributed by atoms with Gasteiger partial charge in [0.15, 0.2) is 31.5 Å². The molecular weight excluding hydrogens is 739 g/mol. The quantitative estimate of drug-likeness (QED) is 0.0883. The molecule has 4 aromatic carbocycles. The van der Waals surface area contributed by atoms with E-state index in [1.54, 1.807) is 49.4 Å². The van der Waals surface area contributed by atoms with Crippen LogP contribution < -0.4 is 14.8 Å². The predicted octanol–water partition coefficient (Wildman–Crippen LogP) is 7.75. The molecule has 7 rings (SSSR count). The van der Waals surface area contributed by atoms with Crippen molar-refractivity contribution in [2.75, 3.05) is 26.1 Å². The molecule has 1 amide bonds. The van der Waals surface area contributed by atoms with E-state index in [-0.39, 0.29) is 23.4 Å². The summed E-state index contributed by atoms with van der Waals surface area (Å²) in [6, 6.07) is 34.4. The Morgan fingerprint density at radius 2 is 1.37 bits per heavy atom. The predicted molar refractivity (Wildman–Crippen MR) is 220 cm³/mol. The molecule has 4 atom stereocenters. The van der Waals surface area contributed by atoms with Gasteiger partial charge in [0.25, 0.3) is 5.91 Å². The minimum Gasteiger partial charge on any atom is -0.497 e. The Bertz CT molecular complexity index is 2230. The van der Waals surface area contributed by atoms with E-state index in [4.69, 9.17) is 23.4 Å². The Morgan fingerprint density at radius 1 is 0.807 bits per heavy atom. The second-order valence-electron chi connectivity index (χ2n) is 15.6. The fourth-order valence-electron chi connectivity index (χ4n) is 6.90. The number of nitrogens with one attached hydrogen (secondary N) is 1. The molecule has 2 N–H and O–H groups in total. The van der Waals surface area contributed by atoms with Crippen molar-refractivity contribution in [2.24, 2.45) is 0 Å². The van der Waals surface area contributed by atoms with Crippen LogP contribution in [0.3, 0.4) is 0 Å². The van der Waals surface area contributed by atoms with Crippen LogP contribution >= 0.6 is 0 Å². The lowest BCUT2D eigenvalue weighted by molar-refractivity contribution is -0.0940. The number of aromatic nitrogens is 4. The van der Waals surface area contributed by atoms with Gasteiger partial charge in [0, 0.05) is 5.56 Å². The smallest absolute Gasteiger partial charge is 0.256 e. The third-order valence-electron chi connectivity index (χ3n) is 11.1. The van der Waals surface area contributed by atoms with Gasteiger partial charge < -0.3 is 33.8 Å². The molecule has 1 aliphatic heterocycles. The fourth-order valence-corrected chi connectivity index (χ4v) is 8.19. The maximum Gasteiger partial charge on any atom is 0.256 e. The lowest BCUT2D eigenvalue weighted by Gasteiger charge is -2.40. The first-order valence-electron chi connectivity index (χ1n) is 18.9. The first-order valence-corrected chi connectivity index (χ1v) is 21.8. The Kier molecular flexibility index (Phi) is 11.3. The summed E-state index contributed by atoms with van der Waals surface area (Å²) in [5.41, 5.74) is 2.69. The van der Waals surface area contributed by atoms with E-state index in [1.807, 2.05) is 84.9 Å². The highest BCUT2D eigenvalue weighted by Gasteiger charge is 2.52. The van der Waals surface area contributed by atoms with Crippen LogP contribution in [-0.4, -0.2) is 78.0 Å². The van der Waals surface area contributed by atoms with Crippen molar-refractivity contribution in [2.45, 2.75) is 69.0 Å². The zero-order chi connectivity index (χ0) is 40.4. The molecule has 1 aliphatic rings. The van der Waals surface area contributed by atoms with Gasteiger partial charge in [0.2, 0.25) is 0 Å². The fraction of sp³-hybridized carbons (Fsp3) is 0.318. The third kappa shape index (κ3) is 7.81. The Labute approximate surface area is 333 Å². The molecule has 0 bridgehead atoms. The van der Waals surface area contributed by atoms with Gasteiger partial charge in [-0.05, 0) is 71.2 Å². The number of methoxy groups -OCH3 is 2. The number of hydrogen-bond acceptors (Lipinski definition) is 10. The second-order valence-corrected chi connectivity index (χ2v) is 20.3. The van der Waals surface area contributed by atoms with Gasteiger partial charge in [-0.15, -0.1) is 0 Å². The molecule has 0 aliphatic carbocycles. The molecule has 0 radical (unpaired) electrons. The minimum atomic E-state index is -2.50. The van der Waals surface area contributed by atoms with Crippen LogP contribution in [0.25, 0.3) is 11.2 Å². The van der Waals surface area contributed by atoms with Crippen molar-refractivity contribution in [3.63, 3.8) is 0 Å². The number of nitrogens with zero attached hydrogens (tertiary/aromatic N) is 4. The van der Waals surface area contributed by atoms with Crippen molar-refractivity contribution in [1.29, 1.82) is 0 Å². The van der Waals surface area contributed by atoms with Crippen molar-refractivity contribution < 1.29 is 33.3 Å². The highest BCUT2D eigenvalue weighted by molar-refractivity contribution is 6.74. The molecule has 0 unspecified atom stereocenters. The lowest BCUT2D eigenvalue weighted by Crippen LogP contribution is -2.49. The average Bonchev–Trinajstić information content (AvgIpc) is 3.79. The van der Waals surface area contributed by atoms with Crippen molar-refractivity contribution in [3.8, 4) is 11.5 Å². The van der Waals surface area contributed by atoms with E-state index < -0.39 is 38.5 Å². The lowest BCUT2D eigenvalue weighted by atomic mass is 9.80. The van der Waals surface area contributed by atoms with Gasteiger partial charge >= 0.3 is 0 Å². The SMILES string of the molecule is COc1ccc(C(OC[C@H]2O[C@@H](n3cnc4c(NC(=O)c5ccccc5)ncnc43)[C@@H](O[Si](C)(C)C(C)(C)C)[C@@H]2O)(c2ccccc2)c2ccc(OC)cc2)cc1. The van der Waals surface area contributed by atoms with Gasteiger partial charge in [-0.2, -0.15) is 0 Å². The number of aliphatic hydroxyl groups is 1. The Hall–Kier alpha value is -5.44. The summed E-state index contributed by atoms with van der Waals surface area (Å²) in [4.78, 5) is 26.7. The van der Waals surface area contributed by atoms with E-state index in [1.165, 1.54) is 6.33 Å². The van der Waals surface area contributed by atoms with E-state index in [0.29, 0.717) is 28.2 Å². The van der Waals surface area contributed by atoms with Crippen LogP contribution in [0.4, 0.5) is 5.82 Å². The molecular formula is C44H49N5O7Si. The molecule has 57 heavy (non-hydrogen) atoms. The minimum absolute atomic E-state index is 0.0258. The van der Waals surface area contributed by atoms with Crippen molar-refractivity contribution in [1.82, 2.24) is 19.5 Å². The van der Waals surface area contributed by atoms with Crippen LogP contribution in [0.2, 0.25) is 18.1 Å². The second kappa shape index (κ2) is 16.2. The molecule has 2 aromatic heterocycles. The zero-order valence-electron chi connectivity index (χ0n) is 33.2. The maximum absolute atomic E-state index is 13.1. The van der Waals surface area contributed by atoms with E-state index in [2.05, 4.69) is 54.1 Å². The summed E-state index contributed by atoms with van der Waals surface area (Å²) < 4.78 is 33.8. The summed E-state index contributed by atoms with van der Waals surface area (Å²) >= 11 is 0. The van der Waals surface area contributed by atoms with Crippen LogP contribution in [0.1, 0.15) is 54.0 Å². The summed E-state index contributed by atoms with van der Waals surface area (Å²) in [7, 11) is 0.769. The van der Waals surface area contributed by atoms with E-state index >= 15 is 0 Å². The first-order chi connectivity index (χ1) is 27.4. The first kappa shape index (κ1) is 39.8. The number of hydrogen-bond donors (Lipinski definition) is 2. The van der Waals surface area contributed by atoms with Crippen LogP contribution in [-0.2, 0) is 19.5 Å². The molecule has 296 valence electrons. The molecule has 13 heteroatoms. The number of carbonyl (C=O) groups is 1. The van der Waals surface area contributed by atoms with E-state index in [0.717, 1.165) is 16.7 Å². The van der Waals surface area contributed by atoms with Crippen LogP contribution in [0.15, 0.2) is 122 Å². The van der Waals surface area contributed by atoms with Gasteiger partial charge in [-0.25, -0.2) is 15.0 Å². The van der Waals surface area contributed by atoms with Gasteiger partial charge in [-0.1, -0.05) is 93.6 Å². The van der Waals surface area contributed by atoms with Crippen LogP contribution in [0, 0.1) is 0 Å². The molecule has 3 heterocycles. The highest BCUT2D eigenvalue weighted by atomic mass is 28.4. The monoisotopic (exact) mass is 787 g/mol. The number of rotatable bonds is 13. The largest absolute Gasteiger partial charge is 0.497 e. The summed E-state index contributed by atoms with van der Waals surface area (Å²) in [5, 5.41) is 15.0. The molecule has 1 fully saturated rings. The molecule has 1 saturated heterocycles. The number of carbonyl (C=O) groups excluding carboxylic acids is 1. The van der Waals surface area contributed by atoms with Crippen LogP contribution in [0.5, 0.6) is 11.5 Å². The Morgan fingerprint density at radius 3 is 1.93 bits per heavy atom. The number of aliphatic hydroxyl groups excluding tert-OH is 1.